The van der Waals surface area contributed by atoms with Crippen LogP contribution in [0.15, 0.2) is 24.5 Å². The van der Waals surface area contributed by atoms with Gasteiger partial charge in [-0.2, -0.15) is 4.73 Å². The van der Waals surface area contributed by atoms with Gasteiger partial charge >= 0.3 is 5.97 Å². The Hall–Kier alpha value is -2.04. The third-order valence-corrected chi connectivity index (χ3v) is 2.21. The van der Waals surface area contributed by atoms with Gasteiger partial charge in [-0.15, -0.1) is 0 Å². The second kappa shape index (κ2) is 4.22. The molecule has 0 saturated carbocycles. The van der Waals surface area contributed by atoms with Gasteiger partial charge in [-0.1, -0.05) is 6.07 Å². The van der Waals surface area contributed by atoms with E-state index in [2.05, 4.69) is 4.98 Å². The molecular formula is C11H12N2O3. The lowest BCUT2D eigenvalue weighted by molar-refractivity contribution is 0.0599. The molecule has 0 saturated heterocycles. The molecule has 2 aromatic rings. The fraction of sp³-hybridized carbons (Fsp3) is 0.273. The normalized spacial score (nSPS) is 10.4. The summed E-state index contributed by atoms with van der Waals surface area (Å²) in [5.41, 5.74) is 1.79. The molecule has 1 heterocycles. The molecule has 0 unspecified atom stereocenters. The quantitative estimate of drug-likeness (QED) is 0.731. The fourth-order valence-corrected chi connectivity index (χ4v) is 1.55. The van der Waals surface area contributed by atoms with Gasteiger partial charge in [0.05, 0.1) is 18.2 Å². The highest BCUT2D eigenvalue weighted by molar-refractivity contribution is 6.01. The highest BCUT2D eigenvalue weighted by atomic mass is 16.7. The Morgan fingerprint density at radius 1 is 1.50 bits per heavy atom. The van der Waals surface area contributed by atoms with Crippen LogP contribution < -0.4 is 4.84 Å². The maximum absolute atomic E-state index is 11.6. The van der Waals surface area contributed by atoms with Crippen LogP contribution in [0, 0.1) is 0 Å². The molecule has 0 radical (unpaired) electrons. The zero-order valence-electron chi connectivity index (χ0n) is 9.14. The molecule has 0 atom stereocenters. The van der Waals surface area contributed by atoms with Crippen LogP contribution in [-0.4, -0.2) is 29.4 Å². The van der Waals surface area contributed by atoms with E-state index in [9.17, 15) is 4.79 Å². The van der Waals surface area contributed by atoms with E-state index in [1.54, 1.807) is 18.5 Å². The molecular weight excluding hydrogens is 208 g/mol. The number of ether oxygens (including phenoxy) is 1. The smallest absolute Gasteiger partial charge is 0.340 e. The van der Waals surface area contributed by atoms with E-state index in [0.29, 0.717) is 23.2 Å². The number of esters is 1. The Morgan fingerprint density at radius 2 is 2.31 bits per heavy atom. The molecule has 0 aliphatic heterocycles. The number of fused-ring (bicyclic) bond motifs is 1. The third-order valence-electron chi connectivity index (χ3n) is 2.21. The summed E-state index contributed by atoms with van der Waals surface area (Å²) in [5.74, 6) is -0.396. The minimum absolute atomic E-state index is 0.396. The van der Waals surface area contributed by atoms with E-state index in [1.807, 2.05) is 13.0 Å². The van der Waals surface area contributed by atoms with Gasteiger partial charge in [-0.05, 0) is 19.1 Å². The van der Waals surface area contributed by atoms with Crippen molar-refractivity contribution in [1.29, 1.82) is 0 Å². The molecule has 5 nitrogen and oxygen atoms in total. The number of imidazole rings is 1. The van der Waals surface area contributed by atoms with Crippen LogP contribution in [0.3, 0.4) is 0 Å². The van der Waals surface area contributed by atoms with Gasteiger partial charge in [0.2, 0.25) is 0 Å². The van der Waals surface area contributed by atoms with Gasteiger partial charge < -0.3 is 9.57 Å². The van der Waals surface area contributed by atoms with Crippen molar-refractivity contribution in [3.63, 3.8) is 0 Å². The molecule has 0 aliphatic carbocycles. The minimum atomic E-state index is -0.396. The summed E-state index contributed by atoms with van der Waals surface area (Å²) in [7, 11) is 1.35. The van der Waals surface area contributed by atoms with Crippen molar-refractivity contribution >= 4 is 17.0 Å². The molecule has 0 fully saturated rings. The Balaban J connectivity index is 2.63. The van der Waals surface area contributed by atoms with Crippen LogP contribution in [-0.2, 0) is 4.74 Å². The summed E-state index contributed by atoms with van der Waals surface area (Å²) < 4.78 is 6.20. The largest absolute Gasteiger partial charge is 0.465 e. The van der Waals surface area contributed by atoms with E-state index in [1.165, 1.54) is 11.8 Å². The summed E-state index contributed by atoms with van der Waals surface area (Å²) in [6.07, 6.45) is 1.54. The topological polar surface area (TPSA) is 53.4 Å². The van der Waals surface area contributed by atoms with E-state index in [4.69, 9.17) is 9.57 Å². The number of carbonyl (C=O) groups is 1. The highest BCUT2D eigenvalue weighted by Crippen LogP contribution is 2.17. The van der Waals surface area contributed by atoms with Gasteiger partial charge in [-0.25, -0.2) is 9.78 Å². The van der Waals surface area contributed by atoms with Crippen molar-refractivity contribution in [2.45, 2.75) is 6.92 Å². The predicted molar refractivity (Wildman–Crippen MR) is 58.2 cm³/mol. The Morgan fingerprint density at radius 3 is 3.00 bits per heavy atom. The van der Waals surface area contributed by atoms with Crippen LogP contribution in [0.1, 0.15) is 17.3 Å². The first-order valence-electron chi connectivity index (χ1n) is 4.95. The molecule has 0 spiro atoms. The van der Waals surface area contributed by atoms with Crippen molar-refractivity contribution in [2.24, 2.45) is 0 Å². The number of hydrogen-bond donors (Lipinski definition) is 0. The summed E-state index contributed by atoms with van der Waals surface area (Å²) in [5, 5.41) is 0. The predicted octanol–water partition coefficient (Wildman–Crippen LogP) is 1.27. The molecule has 1 aromatic carbocycles. The van der Waals surface area contributed by atoms with Crippen LogP contribution in [0.5, 0.6) is 0 Å². The summed E-state index contributed by atoms with van der Waals surface area (Å²) in [6.45, 7) is 2.37. The van der Waals surface area contributed by atoms with Crippen molar-refractivity contribution in [2.75, 3.05) is 13.7 Å². The second-order valence-corrected chi connectivity index (χ2v) is 3.15. The molecule has 1 aromatic heterocycles. The average Bonchev–Trinajstić information content (AvgIpc) is 2.72. The summed E-state index contributed by atoms with van der Waals surface area (Å²) >= 11 is 0. The molecule has 2 rings (SSSR count). The average molecular weight is 220 g/mol. The van der Waals surface area contributed by atoms with Crippen LogP contribution >= 0.6 is 0 Å². The first kappa shape index (κ1) is 10.5. The Labute approximate surface area is 92.6 Å². The van der Waals surface area contributed by atoms with E-state index in [0.717, 1.165) is 0 Å². The van der Waals surface area contributed by atoms with Crippen LogP contribution in [0.2, 0.25) is 0 Å². The van der Waals surface area contributed by atoms with E-state index < -0.39 is 5.97 Å². The van der Waals surface area contributed by atoms with Crippen molar-refractivity contribution in [3.8, 4) is 0 Å². The van der Waals surface area contributed by atoms with E-state index >= 15 is 0 Å². The third kappa shape index (κ3) is 1.60. The molecule has 0 aliphatic rings. The standard InChI is InChI=1S/C11H12N2O3/c1-3-16-13-7-12-9-6-4-5-8(10(9)13)11(14)15-2/h4-7H,3H2,1-2H3. The van der Waals surface area contributed by atoms with Gasteiger partial charge in [0.25, 0.3) is 0 Å². The van der Waals surface area contributed by atoms with Crippen LogP contribution in [0.25, 0.3) is 11.0 Å². The maximum Gasteiger partial charge on any atom is 0.340 e. The maximum atomic E-state index is 11.6. The minimum Gasteiger partial charge on any atom is -0.465 e. The second-order valence-electron chi connectivity index (χ2n) is 3.15. The lowest BCUT2D eigenvalue weighted by Gasteiger charge is -2.06. The molecule has 84 valence electrons. The van der Waals surface area contributed by atoms with Crippen LogP contribution in [0.4, 0.5) is 0 Å². The van der Waals surface area contributed by atoms with Gasteiger partial charge in [0, 0.05) is 0 Å². The van der Waals surface area contributed by atoms with Gasteiger partial charge in [-0.3, -0.25) is 0 Å². The summed E-state index contributed by atoms with van der Waals surface area (Å²) in [6, 6.07) is 5.26. The zero-order valence-corrected chi connectivity index (χ0v) is 9.14. The van der Waals surface area contributed by atoms with Gasteiger partial charge in [0.15, 0.2) is 0 Å². The molecule has 16 heavy (non-hydrogen) atoms. The SMILES string of the molecule is CCOn1cnc2cccc(C(=O)OC)c21. The zero-order chi connectivity index (χ0) is 11.5. The number of hydrogen-bond acceptors (Lipinski definition) is 4. The number of para-hydroxylation sites is 1. The monoisotopic (exact) mass is 220 g/mol. The summed E-state index contributed by atoms with van der Waals surface area (Å²) in [4.78, 5) is 21.0. The lowest BCUT2D eigenvalue weighted by Crippen LogP contribution is -2.12. The van der Waals surface area contributed by atoms with Crippen molar-refractivity contribution in [1.82, 2.24) is 9.71 Å². The highest BCUT2D eigenvalue weighted by Gasteiger charge is 2.14. The molecule has 0 amide bonds. The lowest BCUT2D eigenvalue weighted by atomic mass is 10.2. The number of benzene rings is 1. The van der Waals surface area contributed by atoms with Crippen molar-refractivity contribution < 1.29 is 14.4 Å². The van der Waals surface area contributed by atoms with Gasteiger partial charge in [0.1, 0.15) is 18.5 Å². The molecule has 0 N–H and O–H groups in total. The molecule has 0 bridgehead atoms. The molecule has 5 heteroatoms. The fourth-order valence-electron chi connectivity index (χ4n) is 1.55. The first-order chi connectivity index (χ1) is 7.77. The number of aromatic nitrogens is 2. The first-order valence-corrected chi connectivity index (χ1v) is 4.95. The number of nitrogens with zero attached hydrogens (tertiary/aromatic N) is 2. The number of rotatable bonds is 3. The number of methoxy groups -OCH3 is 1. The Kier molecular flexibility index (Phi) is 2.76. The Bertz CT molecular complexity index is 519. The van der Waals surface area contributed by atoms with E-state index in [-0.39, 0.29) is 0 Å². The number of carbonyl (C=O) groups excluding carboxylic acids is 1. The van der Waals surface area contributed by atoms with Crippen molar-refractivity contribution in [3.05, 3.63) is 30.1 Å².